The second-order valence-corrected chi connectivity index (χ2v) is 18.1. The first-order chi connectivity index (χ1) is 8.30. The van der Waals surface area contributed by atoms with E-state index in [4.69, 9.17) is 5.26 Å². The molecule has 0 aromatic carbocycles. The van der Waals surface area contributed by atoms with Gasteiger partial charge in [0.15, 0.2) is 0 Å². The molecule has 100 valence electrons. The van der Waals surface area contributed by atoms with Crippen LogP contribution in [0.2, 0.25) is 0 Å². The summed E-state index contributed by atoms with van der Waals surface area (Å²) >= 11 is 12.7. The van der Waals surface area contributed by atoms with Gasteiger partial charge >= 0.3 is 0 Å². The van der Waals surface area contributed by atoms with E-state index in [1.54, 1.807) is 0 Å². The highest BCUT2D eigenvalue weighted by Gasteiger charge is 2.67. The zero-order valence-electron chi connectivity index (χ0n) is 10.5. The summed E-state index contributed by atoms with van der Waals surface area (Å²) in [5.41, 5.74) is 0. The lowest BCUT2D eigenvalue weighted by atomic mass is 10.3. The Hall–Kier alpha value is 1.59. The Morgan fingerprint density at radius 3 is 2.17 bits per heavy atom. The number of nitrogens with zero attached hydrogens (tertiary/aromatic N) is 1. The van der Waals surface area contributed by atoms with Crippen LogP contribution in [0.3, 0.4) is 0 Å². The highest BCUT2D eigenvalue weighted by Crippen LogP contribution is 2.86. The largest absolute Gasteiger partial charge is 0.198 e. The fourth-order valence-electron chi connectivity index (χ4n) is 2.75. The molecule has 0 aliphatic carbocycles. The van der Waals surface area contributed by atoms with Gasteiger partial charge in [0.2, 0.25) is 0 Å². The highest BCUT2D eigenvalue weighted by atomic mass is 32.3. The second kappa shape index (κ2) is 4.54. The molecule has 4 heterocycles. The molecule has 1 nitrogen and oxygen atoms in total. The molecule has 0 spiro atoms. The van der Waals surface area contributed by atoms with Crippen LogP contribution in [0.4, 0.5) is 0 Å². The van der Waals surface area contributed by atoms with Crippen LogP contribution in [-0.4, -0.2) is 20.1 Å². The van der Waals surface area contributed by atoms with Crippen LogP contribution in [0.15, 0.2) is 0 Å². The zero-order chi connectivity index (χ0) is 13.1. The maximum absolute atomic E-state index is 8.74. The van der Waals surface area contributed by atoms with Crippen molar-refractivity contribution in [2.24, 2.45) is 0 Å². The average molecular weight is 354 g/mol. The molecule has 7 heteroatoms. The summed E-state index contributed by atoms with van der Waals surface area (Å²) in [6.07, 6.45) is 1.91. The van der Waals surface area contributed by atoms with Crippen LogP contribution in [0.25, 0.3) is 0 Å². The van der Waals surface area contributed by atoms with Crippen LogP contribution < -0.4 is 0 Å². The molecule has 2 unspecified atom stereocenters. The number of thioether (sulfide) groups is 6. The summed E-state index contributed by atoms with van der Waals surface area (Å²) < 4.78 is 1.21. The van der Waals surface area contributed by atoms with Gasteiger partial charge in [-0.25, -0.2) is 0 Å². The summed E-state index contributed by atoms with van der Waals surface area (Å²) in [6.45, 7) is 7.20. The van der Waals surface area contributed by atoms with Crippen LogP contribution in [-0.2, 0) is 0 Å². The number of rotatable bonds is 3. The average Bonchev–Trinajstić information content (AvgIpc) is 2.09. The molecule has 0 aromatic heterocycles. The van der Waals surface area contributed by atoms with E-state index in [-0.39, 0.29) is 10.2 Å². The number of hydrogen-bond acceptors (Lipinski definition) is 7. The van der Waals surface area contributed by atoms with Crippen molar-refractivity contribution in [2.75, 3.05) is 5.75 Å². The van der Waals surface area contributed by atoms with Crippen molar-refractivity contribution in [2.45, 2.75) is 47.9 Å². The van der Waals surface area contributed by atoms with E-state index in [0.717, 1.165) is 5.75 Å². The van der Waals surface area contributed by atoms with Gasteiger partial charge in [0.25, 0.3) is 0 Å². The SMILES string of the molecule is CC12CC3(SCCC#N)SC(C)(S1)SC(C)(S2)S3. The van der Waals surface area contributed by atoms with Gasteiger partial charge in [-0.3, -0.25) is 0 Å². The molecule has 18 heavy (non-hydrogen) atoms. The van der Waals surface area contributed by atoms with Crippen LogP contribution in [0, 0.1) is 11.3 Å². The third-order valence-corrected chi connectivity index (χ3v) is 13.4. The topological polar surface area (TPSA) is 23.8 Å². The second-order valence-electron chi connectivity index (χ2n) is 4.99. The summed E-state index contributed by atoms with van der Waals surface area (Å²) in [6, 6.07) is 2.27. The lowest BCUT2D eigenvalue weighted by Crippen LogP contribution is -2.53. The summed E-state index contributed by atoms with van der Waals surface area (Å²) in [4.78, 5) is 0. The van der Waals surface area contributed by atoms with Crippen molar-refractivity contribution in [3.63, 3.8) is 0 Å². The van der Waals surface area contributed by atoms with Gasteiger partial charge in [0, 0.05) is 18.6 Å². The van der Waals surface area contributed by atoms with Crippen molar-refractivity contribution in [1.29, 1.82) is 5.26 Å². The van der Waals surface area contributed by atoms with E-state index in [9.17, 15) is 0 Å². The molecule has 0 aromatic rings. The van der Waals surface area contributed by atoms with E-state index < -0.39 is 0 Å². The van der Waals surface area contributed by atoms with Gasteiger partial charge in [-0.1, -0.05) is 0 Å². The lowest BCUT2D eigenvalue weighted by molar-refractivity contribution is 0.772. The Morgan fingerprint density at radius 2 is 1.67 bits per heavy atom. The standard InChI is InChI=1S/C11H15NS6/c1-8-7-11(13-6-4-5-12)17-9(2,14-8)16-10(3,15-8)18-11/h4,6-7H2,1-3H3. The van der Waals surface area contributed by atoms with Crippen LogP contribution in [0.1, 0.15) is 33.6 Å². The van der Waals surface area contributed by atoms with Gasteiger partial charge < -0.3 is 0 Å². The summed E-state index contributed by atoms with van der Waals surface area (Å²) in [5.74, 6) is 0.971. The monoisotopic (exact) mass is 353 g/mol. The predicted octanol–water partition coefficient (Wildman–Crippen LogP) is 5.45. The van der Waals surface area contributed by atoms with E-state index in [1.807, 2.05) is 11.8 Å². The maximum Gasteiger partial charge on any atom is 0.113 e. The normalized spacial score (nSPS) is 53.4. The number of nitriles is 1. The van der Waals surface area contributed by atoms with Crippen LogP contribution >= 0.6 is 70.6 Å². The smallest absolute Gasteiger partial charge is 0.113 e. The molecule has 0 saturated carbocycles. The molecule has 2 atom stereocenters. The van der Waals surface area contributed by atoms with Crippen LogP contribution in [0.5, 0.6) is 0 Å². The molecule has 4 aliphatic rings. The highest BCUT2D eigenvalue weighted by molar-refractivity contribution is 8.58. The first-order valence-corrected chi connectivity index (χ1v) is 10.9. The molecule has 4 saturated heterocycles. The van der Waals surface area contributed by atoms with E-state index in [1.165, 1.54) is 6.42 Å². The fourth-order valence-corrected chi connectivity index (χ4v) is 22.6. The Labute approximate surface area is 135 Å². The van der Waals surface area contributed by atoms with Gasteiger partial charge in [0.1, 0.15) is 10.2 Å². The molecular weight excluding hydrogens is 339 g/mol. The molecule has 4 fully saturated rings. The Balaban J connectivity index is 1.87. The van der Waals surface area contributed by atoms with Gasteiger partial charge in [-0.15, -0.1) is 70.6 Å². The predicted molar refractivity (Wildman–Crippen MR) is 93.2 cm³/mol. The lowest BCUT2D eigenvalue weighted by Gasteiger charge is -2.65. The van der Waals surface area contributed by atoms with Crippen molar-refractivity contribution >= 4 is 70.6 Å². The number of hydrogen-bond donors (Lipinski definition) is 0. The minimum atomic E-state index is 0.275. The molecule has 4 aliphatic heterocycles. The Bertz CT molecular complexity index is 365. The quantitative estimate of drug-likeness (QED) is 0.622. The first kappa shape index (κ1) is 14.5. The summed E-state index contributed by atoms with van der Waals surface area (Å²) in [7, 11) is 0. The van der Waals surface area contributed by atoms with Gasteiger partial charge in [0.05, 0.1) is 10.1 Å². The van der Waals surface area contributed by atoms with E-state index in [0.29, 0.717) is 10.5 Å². The van der Waals surface area contributed by atoms with Crippen molar-refractivity contribution in [1.82, 2.24) is 0 Å². The molecule has 0 amide bonds. The van der Waals surface area contributed by atoms with Crippen molar-refractivity contribution < 1.29 is 0 Å². The molecule has 4 rings (SSSR count). The molecular formula is C11H15NS6. The minimum absolute atomic E-state index is 0.275. The molecule has 0 N–H and O–H groups in total. The first-order valence-electron chi connectivity index (χ1n) is 5.82. The Kier molecular flexibility index (Phi) is 3.66. The van der Waals surface area contributed by atoms with Gasteiger partial charge in [-0.2, -0.15) is 5.26 Å². The fraction of sp³-hybridized carbons (Fsp3) is 0.909. The summed E-state index contributed by atoms with van der Waals surface area (Å²) in [5, 5.41) is 8.74. The molecule has 0 radical (unpaired) electrons. The van der Waals surface area contributed by atoms with Crippen molar-refractivity contribution in [3.05, 3.63) is 0 Å². The van der Waals surface area contributed by atoms with E-state index in [2.05, 4.69) is 85.6 Å². The van der Waals surface area contributed by atoms with Gasteiger partial charge in [-0.05, 0) is 20.8 Å². The zero-order valence-corrected chi connectivity index (χ0v) is 15.4. The molecule has 4 bridgehead atoms. The maximum atomic E-state index is 8.74. The minimum Gasteiger partial charge on any atom is -0.198 e. The third kappa shape index (κ3) is 2.55. The Morgan fingerprint density at radius 1 is 1.06 bits per heavy atom. The van der Waals surface area contributed by atoms with E-state index >= 15 is 0 Å². The van der Waals surface area contributed by atoms with Crippen molar-refractivity contribution in [3.8, 4) is 6.07 Å². The third-order valence-electron chi connectivity index (χ3n) is 2.93.